The van der Waals surface area contributed by atoms with E-state index in [1.807, 2.05) is 25.3 Å². The number of aryl methyl sites for hydroxylation is 2. The van der Waals surface area contributed by atoms with E-state index in [0.29, 0.717) is 0 Å². The fourth-order valence-corrected chi connectivity index (χ4v) is 2.23. The quantitative estimate of drug-likeness (QED) is 0.845. The lowest BCUT2D eigenvalue weighted by Crippen LogP contribution is -1.96. The Balaban J connectivity index is 2.21. The van der Waals surface area contributed by atoms with E-state index in [2.05, 4.69) is 16.9 Å². The maximum Gasteiger partial charge on any atom is 0.192 e. The van der Waals surface area contributed by atoms with Crippen LogP contribution in [0.3, 0.4) is 0 Å². The fraction of sp³-hybridized carbons (Fsp3) is 0.231. The first-order chi connectivity index (χ1) is 8.19. The lowest BCUT2D eigenvalue weighted by atomic mass is 10.2. The molecule has 1 aromatic carbocycles. The molecule has 2 aromatic rings. The summed E-state index contributed by atoms with van der Waals surface area (Å²) in [7, 11) is 0. The molecule has 0 aliphatic rings. The van der Waals surface area contributed by atoms with E-state index in [1.54, 1.807) is 12.1 Å². The maximum absolute atomic E-state index is 9.20. The highest BCUT2D eigenvalue weighted by atomic mass is 32.2. The highest BCUT2D eigenvalue weighted by molar-refractivity contribution is 7.99. The van der Waals surface area contributed by atoms with Crippen LogP contribution in [-0.4, -0.2) is 15.1 Å². The molecule has 3 nitrogen and oxygen atoms in total. The summed E-state index contributed by atoms with van der Waals surface area (Å²) in [5.74, 6) is 0.272. The standard InChI is InChI=1S/C13H14N2OS/c1-3-12-9(2)8-14-13(15-12)17-11-6-4-10(16)5-7-11/h4-8,16H,3H2,1-2H3. The van der Waals surface area contributed by atoms with Crippen LogP contribution < -0.4 is 0 Å². The second-order valence-electron chi connectivity index (χ2n) is 3.73. The predicted molar refractivity (Wildman–Crippen MR) is 68.4 cm³/mol. The SMILES string of the molecule is CCc1nc(Sc2ccc(O)cc2)ncc1C. The van der Waals surface area contributed by atoms with Crippen molar-refractivity contribution in [3.8, 4) is 5.75 Å². The first-order valence-electron chi connectivity index (χ1n) is 5.48. The highest BCUT2D eigenvalue weighted by Gasteiger charge is 2.04. The number of hydrogen-bond acceptors (Lipinski definition) is 4. The number of aromatic hydroxyl groups is 1. The van der Waals surface area contributed by atoms with Crippen LogP contribution in [-0.2, 0) is 6.42 Å². The van der Waals surface area contributed by atoms with Crippen molar-refractivity contribution in [3.63, 3.8) is 0 Å². The van der Waals surface area contributed by atoms with E-state index in [0.717, 1.165) is 27.7 Å². The second-order valence-corrected chi connectivity index (χ2v) is 4.77. The van der Waals surface area contributed by atoms with Crippen molar-refractivity contribution in [3.05, 3.63) is 41.7 Å². The molecule has 2 rings (SSSR count). The highest BCUT2D eigenvalue weighted by Crippen LogP contribution is 2.26. The molecular formula is C13H14N2OS. The van der Waals surface area contributed by atoms with Crippen LogP contribution in [0.2, 0.25) is 0 Å². The van der Waals surface area contributed by atoms with Crippen molar-refractivity contribution in [2.75, 3.05) is 0 Å². The summed E-state index contributed by atoms with van der Waals surface area (Å²) in [5, 5.41) is 9.95. The monoisotopic (exact) mass is 246 g/mol. The molecule has 0 fully saturated rings. The number of rotatable bonds is 3. The zero-order chi connectivity index (χ0) is 12.3. The first kappa shape index (κ1) is 11.9. The number of hydrogen-bond donors (Lipinski definition) is 1. The molecule has 0 unspecified atom stereocenters. The van der Waals surface area contributed by atoms with Crippen molar-refractivity contribution >= 4 is 11.8 Å². The van der Waals surface area contributed by atoms with E-state index < -0.39 is 0 Å². The molecule has 0 amide bonds. The van der Waals surface area contributed by atoms with Gasteiger partial charge in [0.15, 0.2) is 5.16 Å². The Morgan fingerprint density at radius 2 is 1.94 bits per heavy atom. The Morgan fingerprint density at radius 3 is 2.59 bits per heavy atom. The summed E-state index contributed by atoms with van der Waals surface area (Å²) in [5.41, 5.74) is 2.21. The molecule has 1 aromatic heterocycles. The number of aromatic nitrogens is 2. The normalized spacial score (nSPS) is 10.5. The van der Waals surface area contributed by atoms with Gasteiger partial charge in [-0.2, -0.15) is 0 Å². The van der Waals surface area contributed by atoms with E-state index in [4.69, 9.17) is 0 Å². The molecule has 0 radical (unpaired) electrons. The van der Waals surface area contributed by atoms with Gasteiger partial charge in [-0.1, -0.05) is 6.92 Å². The van der Waals surface area contributed by atoms with Gasteiger partial charge in [-0.15, -0.1) is 0 Å². The van der Waals surface area contributed by atoms with Crippen molar-refractivity contribution in [1.29, 1.82) is 0 Å². The predicted octanol–water partition coefficient (Wildman–Crippen LogP) is 3.20. The van der Waals surface area contributed by atoms with Crippen LogP contribution in [0.5, 0.6) is 5.75 Å². The molecule has 0 saturated heterocycles. The topological polar surface area (TPSA) is 46.0 Å². The third-order valence-electron chi connectivity index (χ3n) is 2.44. The second kappa shape index (κ2) is 5.19. The summed E-state index contributed by atoms with van der Waals surface area (Å²) in [6.45, 7) is 4.11. The van der Waals surface area contributed by atoms with Crippen LogP contribution in [0, 0.1) is 6.92 Å². The number of phenolic OH excluding ortho intramolecular Hbond substituents is 1. The van der Waals surface area contributed by atoms with Gasteiger partial charge in [0.05, 0.1) is 0 Å². The van der Waals surface area contributed by atoms with Crippen molar-refractivity contribution < 1.29 is 5.11 Å². The van der Waals surface area contributed by atoms with Gasteiger partial charge in [-0.25, -0.2) is 9.97 Å². The van der Waals surface area contributed by atoms with Gasteiger partial charge in [0.25, 0.3) is 0 Å². The Bertz CT molecular complexity index is 511. The smallest absolute Gasteiger partial charge is 0.192 e. The van der Waals surface area contributed by atoms with Crippen molar-refractivity contribution in [2.45, 2.75) is 30.3 Å². The average Bonchev–Trinajstić information content (AvgIpc) is 2.34. The number of benzene rings is 1. The lowest BCUT2D eigenvalue weighted by Gasteiger charge is -2.04. The lowest BCUT2D eigenvalue weighted by molar-refractivity contribution is 0.475. The van der Waals surface area contributed by atoms with Gasteiger partial charge in [-0.05, 0) is 54.9 Å². The minimum absolute atomic E-state index is 0.272. The van der Waals surface area contributed by atoms with Crippen LogP contribution >= 0.6 is 11.8 Å². The Hall–Kier alpha value is -1.55. The summed E-state index contributed by atoms with van der Waals surface area (Å²) in [6, 6.07) is 7.04. The van der Waals surface area contributed by atoms with Gasteiger partial charge < -0.3 is 5.11 Å². The fourth-order valence-electron chi connectivity index (χ4n) is 1.49. The molecule has 88 valence electrons. The Kier molecular flexibility index (Phi) is 3.64. The third-order valence-corrected chi connectivity index (χ3v) is 3.32. The average molecular weight is 246 g/mol. The zero-order valence-electron chi connectivity index (χ0n) is 9.84. The molecule has 4 heteroatoms. The summed E-state index contributed by atoms with van der Waals surface area (Å²) < 4.78 is 0. The molecule has 0 atom stereocenters. The van der Waals surface area contributed by atoms with Gasteiger partial charge in [0.2, 0.25) is 0 Å². The molecule has 0 aliphatic carbocycles. The van der Waals surface area contributed by atoms with Crippen molar-refractivity contribution in [1.82, 2.24) is 9.97 Å². The van der Waals surface area contributed by atoms with Crippen molar-refractivity contribution in [2.24, 2.45) is 0 Å². The number of phenols is 1. The van der Waals surface area contributed by atoms with Crippen LogP contribution in [0.4, 0.5) is 0 Å². The molecule has 0 saturated carbocycles. The van der Waals surface area contributed by atoms with E-state index in [-0.39, 0.29) is 5.75 Å². The molecule has 1 heterocycles. The summed E-state index contributed by atoms with van der Waals surface area (Å²) >= 11 is 1.50. The summed E-state index contributed by atoms with van der Waals surface area (Å²) in [6.07, 6.45) is 2.77. The third kappa shape index (κ3) is 2.97. The van der Waals surface area contributed by atoms with E-state index in [1.165, 1.54) is 11.8 Å². The Labute approximate surface area is 105 Å². The largest absolute Gasteiger partial charge is 0.508 e. The van der Waals surface area contributed by atoms with Crippen LogP contribution in [0.1, 0.15) is 18.2 Å². The van der Waals surface area contributed by atoms with E-state index >= 15 is 0 Å². The molecule has 0 spiro atoms. The van der Waals surface area contributed by atoms with E-state index in [9.17, 15) is 5.11 Å². The first-order valence-corrected chi connectivity index (χ1v) is 6.30. The number of nitrogens with zero attached hydrogens (tertiary/aromatic N) is 2. The van der Waals surface area contributed by atoms with Crippen LogP contribution in [0.25, 0.3) is 0 Å². The van der Waals surface area contributed by atoms with Gasteiger partial charge in [0, 0.05) is 16.8 Å². The molecular weight excluding hydrogens is 232 g/mol. The van der Waals surface area contributed by atoms with Gasteiger partial charge >= 0.3 is 0 Å². The van der Waals surface area contributed by atoms with Gasteiger partial charge in [-0.3, -0.25) is 0 Å². The zero-order valence-corrected chi connectivity index (χ0v) is 10.7. The molecule has 1 N–H and O–H groups in total. The van der Waals surface area contributed by atoms with Crippen LogP contribution in [0.15, 0.2) is 40.5 Å². The minimum Gasteiger partial charge on any atom is -0.508 e. The van der Waals surface area contributed by atoms with Gasteiger partial charge in [0.1, 0.15) is 5.75 Å². The molecule has 17 heavy (non-hydrogen) atoms. The minimum atomic E-state index is 0.272. The Morgan fingerprint density at radius 1 is 1.24 bits per heavy atom. The maximum atomic E-state index is 9.20. The molecule has 0 aliphatic heterocycles. The summed E-state index contributed by atoms with van der Waals surface area (Å²) in [4.78, 5) is 9.81. The molecule has 0 bridgehead atoms.